The molecule has 4 rings (SSSR count). The van der Waals surface area contributed by atoms with Gasteiger partial charge in [0.2, 0.25) is 0 Å². The second-order valence-corrected chi connectivity index (χ2v) is 7.07. The van der Waals surface area contributed by atoms with Gasteiger partial charge < -0.3 is 4.90 Å². The smallest absolute Gasteiger partial charge is 0.271 e. The Bertz CT molecular complexity index is 922. The van der Waals surface area contributed by atoms with Crippen LogP contribution < -0.4 is 9.80 Å². The van der Waals surface area contributed by atoms with Crippen molar-refractivity contribution in [2.75, 3.05) is 16.8 Å². The Hall–Kier alpha value is -2.44. The van der Waals surface area contributed by atoms with Crippen LogP contribution in [0.3, 0.4) is 0 Å². The maximum Gasteiger partial charge on any atom is 0.271 e. The summed E-state index contributed by atoms with van der Waals surface area (Å²) in [5, 5.41) is 0. The molecule has 6 heteroatoms. The number of likely N-dealkylation sites (N-methyl/N-ethyl adjacent to an activating group) is 1. The topological polar surface area (TPSA) is 40.6 Å². The van der Waals surface area contributed by atoms with Gasteiger partial charge in [-0.15, -0.1) is 0 Å². The lowest BCUT2D eigenvalue weighted by Gasteiger charge is -2.14. The molecule has 2 aliphatic heterocycles. The summed E-state index contributed by atoms with van der Waals surface area (Å²) in [5.41, 5.74) is 2.73. The molecule has 1 fully saturated rings. The van der Waals surface area contributed by atoms with E-state index in [-0.39, 0.29) is 11.8 Å². The second kappa shape index (κ2) is 5.58. The molecule has 0 aromatic heterocycles. The zero-order valence-corrected chi connectivity index (χ0v) is 14.4. The SMILES string of the molecule is CN1C(=O)C(=C2SC(=S)N(c3ccccc3)C2=O)c2ccccc21. The van der Waals surface area contributed by atoms with Crippen LogP contribution in [0.4, 0.5) is 11.4 Å². The number of carbonyl (C=O) groups is 2. The van der Waals surface area contributed by atoms with E-state index in [9.17, 15) is 9.59 Å². The summed E-state index contributed by atoms with van der Waals surface area (Å²) >= 11 is 6.57. The van der Waals surface area contributed by atoms with Crippen LogP contribution in [0.15, 0.2) is 59.5 Å². The number of hydrogen-bond acceptors (Lipinski definition) is 4. The van der Waals surface area contributed by atoms with Crippen molar-refractivity contribution in [1.82, 2.24) is 0 Å². The van der Waals surface area contributed by atoms with Crippen LogP contribution in [0.1, 0.15) is 5.56 Å². The summed E-state index contributed by atoms with van der Waals surface area (Å²) < 4.78 is 0.438. The van der Waals surface area contributed by atoms with Crippen LogP contribution >= 0.6 is 24.0 Å². The van der Waals surface area contributed by atoms with Gasteiger partial charge in [-0.1, -0.05) is 60.4 Å². The molecule has 0 N–H and O–H groups in total. The number of para-hydroxylation sites is 2. The lowest BCUT2D eigenvalue weighted by molar-refractivity contribution is -0.115. The maximum atomic E-state index is 13.0. The van der Waals surface area contributed by atoms with Gasteiger partial charge in [-0.25, -0.2) is 0 Å². The van der Waals surface area contributed by atoms with E-state index in [1.54, 1.807) is 11.9 Å². The van der Waals surface area contributed by atoms with E-state index in [1.165, 1.54) is 16.7 Å². The number of nitrogens with zero attached hydrogens (tertiary/aromatic N) is 2. The lowest BCUT2D eigenvalue weighted by atomic mass is 10.1. The normalized spacial score (nSPS) is 20.1. The molecule has 0 bridgehead atoms. The molecule has 24 heavy (non-hydrogen) atoms. The van der Waals surface area contributed by atoms with Gasteiger partial charge in [0.05, 0.1) is 21.9 Å². The van der Waals surface area contributed by atoms with Crippen LogP contribution in [-0.4, -0.2) is 23.2 Å². The van der Waals surface area contributed by atoms with Crippen molar-refractivity contribution in [1.29, 1.82) is 0 Å². The lowest BCUT2D eigenvalue weighted by Crippen LogP contribution is -2.28. The van der Waals surface area contributed by atoms with E-state index in [4.69, 9.17) is 12.2 Å². The van der Waals surface area contributed by atoms with Crippen LogP contribution in [0.25, 0.3) is 5.57 Å². The first-order chi connectivity index (χ1) is 11.6. The van der Waals surface area contributed by atoms with E-state index in [0.29, 0.717) is 20.5 Å². The van der Waals surface area contributed by atoms with Crippen molar-refractivity contribution in [3.63, 3.8) is 0 Å². The predicted molar refractivity (Wildman–Crippen MR) is 101 cm³/mol. The van der Waals surface area contributed by atoms with Gasteiger partial charge in [0.15, 0.2) is 4.32 Å². The quantitative estimate of drug-likeness (QED) is 0.582. The first-order valence-electron chi connectivity index (χ1n) is 7.32. The fourth-order valence-electron chi connectivity index (χ4n) is 2.91. The van der Waals surface area contributed by atoms with Crippen molar-refractivity contribution >= 4 is 57.1 Å². The van der Waals surface area contributed by atoms with Crippen LogP contribution in [0.2, 0.25) is 0 Å². The number of thiocarbonyl (C=S) groups is 1. The monoisotopic (exact) mass is 352 g/mol. The molecule has 1 saturated heterocycles. The van der Waals surface area contributed by atoms with Gasteiger partial charge >= 0.3 is 0 Å². The van der Waals surface area contributed by atoms with E-state index in [1.807, 2.05) is 54.6 Å². The third kappa shape index (κ3) is 2.11. The molecule has 0 radical (unpaired) electrons. The molecule has 4 nitrogen and oxygen atoms in total. The summed E-state index contributed by atoms with van der Waals surface area (Å²) in [5.74, 6) is -0.422. The van der Waals surface area contributed by atoms with E-state index >= 15 is 0 Å². The molecular weight excluding hydrogens is 340 g/mol. The number of carbonyl (C=O) groups excluding carboxylic acids is 2. The molecule has 2 aliphatic rings. The summed E-state index contributed by atoms with van der Waals surface area (Å²) in [6, 6.07) is 16.7. The minimum atomic E-state index is -0.246. The number of thioether (sulfide) groups is 1. The molecule has 118 valence electrons. The summed E-state index contributed by atoms with van der Waals surface area (Å²) in [6.45, 7) is 0. The molecular formula is C18H12N2O2S2. The van der Waals surface area contributed by atoms with Crippen molar-refractivity contribution < 1.29 is 9.59 Å². The molecule has 2 heterocycles. The molecule has 0 atom stereocenters. The van der Waals surface area contributed by atoms with E-state index in [0.717, 1.165) is 11.3 Å². The second-order valence-electron chi connectivity index (χ2n) is 5.43. The molecule has 0 spiro atoms. The molecule has 0 aliphatic carbocycles. The highest BCUT2D eigenvalue weighted by Crippen LogP contribution is 2.44. The number of benzene rings is 2. The summed E-state index contributed by atoms with van der Waals surface area (Å²) in [4.78, 5) is 29.1. The maximum absolute atomic E-state index is 13.0. The fourth-order valence-corrected chi connectivity index (χ4v) is 4.28. The van der Waals surface area contributed by atoms with Gasteiger partial charge in [0, 0.05) is 12.6 Å². The average molecular weight is 352 g/mol. The number of amides is 2. The van der Waals surface area contributed by atoms with Crippen LogP contribution in [-0.2, 0) is 9.59 Å². The first kappa shape index (κ1) is 15.1. The molecule has 2 aromatic rings. The Morgan fingerprint density at radius 3 is 2.33 bits per heavy atom. The molecule has 2 amide bonds. The first-order valence-corrected chi connectivity index (χ1v) is 8.55. The fraction of sp³-hybridized carbons (Fsp3) is 0.0556. The zero-order valence-electron chi connectivity index (χ0n) is 12.7. The highest BCUT2D eigenvalue weighted by Gasteiger charge is 2.41. The minimum absolute atomic E-state index is 0.176. The summed E-state index contributed by atoms with van der Waals surface area (Å²) in [7, 11) is 1.71. The Labute approximate surface area is 148 Å². The summed E-state index contributed by atoms with van der Waals surface area (Å²) in [6.07, 6.45) is 0. The van der Waals surface area contributed by atoms with E-state index < -0.39 is 0 Å². The molecule has 0 unspecified atom stereocenters. The number of anilines is 2. The highest BCUT2D eigenvalue weighted by atomic mass is 32.2. The zero-order chi connectivity index (χ0) is 16.8. The average Bonchev–Trinajstić information content (AvgIpc) is 3.03. The van der Waals surface area contributed by atoms with Gasteiger partial charge in [0.1, 0.15) is 0 Å². The minimum Gasteiger partial charge on any atom is -0.311 e. The van der Waals surface area contributed by atoms with Gasteiger partial charge in [-0.2, -0.15) is 0 Å². The predicted octanol–water partition coefficient (Wildman–Crippen LogP) is 3.44. The number of hydrogen-bond donors (Lipinski definition) is 0. The van der Waals surface area contributed by atoms with E-state index in [2.05, 4.69) is 0 Å². The van der Waals surface area contributed by atoms with Crippen molar-refractivity contribution in [2.45, 2.75) is 0 Å². The van der Waals surface area contributed by atoms with Gasteiger partial charge in [-0.05, 0) is 18.2 Å². The third-order valence-electron chi connectivity index (χ3n) is 4.06. The number of fused-ring (bicyclic) bond motifs is 1. The number of rotatable bonds is 1. The Morgan fingerprint density at radius 2 is 1.58 bits per heavy atom. The molecule has 0 saturated carbocycles. The van der Waals surface area contributed by atoms with Crippen LogP contribution in [0, 0.1) is 0 Å². The molecule has 2 aromatic carbocycles. The van der Waals surface area contributed by atoms with Crippen LogP contribution in [0.5, 0.6) is 0 Å². The Morgan fingerprint density at radius 1 is 0.917 bits per heavy atom. The van der Waals surface area contributed by atoms with Gasteiger partial charge in [-0.3, -0.25) is 14.5 Å². The van der Waals surface area contributed by atoms with Crippen molar-refractivity contribution in [3.8, 4) is 0 Å². The van der Waals surface area contributed by atoms with Crippen molar-refractivity contribution in [2.24, 2.45) is 0 Å². The standard InChI is InChI=1S/C18H12N2O2S2/c1-19-13-10-6-5-9-12(13)14(16(19)21)15-17(22)20(18(23)24-15)11-7-3-2-4-8-11/h2-10H,1H3. The Kier molecular flexibility index (Phi) is 3.51. The largest absolute Gasteiger partial charge is 0.311 e. The Balaban J connectivity index is 1.86. The highest BCUT2D eigenvalue weighted by molar-refractivity contribution is 8.27. The van der Waals surface area contributed by atoms with Crippen molar-refractivity contribution in [3.05, 3.63) is 65.1 Å². The third-order valence-corrected chi connectivity index (χ3v) is 5.44. The van der Waals surface area contributed by atoms with Gasteiger partial charge in [0.25, 0.3) is 11.8 Å².